The summed E-state index contributed by atoms with van der Waals surface area (Å²) in [6.45, 7) is 1.46. The SMILES string of the molecule is CC1(CCc2ccccc2)NC(=O)N(CC(=O)Nc2ccc3c(c2)OCO3)C1=O. The lowest BCUT2D eigenvalue weighted by atomic mass is 9.93. The number of benzene rings is 2. The molecule has 1 atom stereocenters. The van der Waals surface area contributed by atoms with Crippen molar-refractivity contribution in [3.63, 3.8) is 0 Å². The van der Waals surface area contributed by atoms with Crippen LogP contribution in [0.25, 0.3) is 0 Å². The average Bonchev–Trinajstić information content (AvgIpc) is 3.25. The van der Waals surface area contributed by atoms with Gasteiger partial charge in [-0.15, -0.1) is 0 Å². The molecule has 1 fully saturated rings. The Balaban J connectivity index is 1.37. The van der Waals surface area contributed by atoms with Crippen LogP contribution in [0.5, 0.6) is 11.5 Å². The third-order valence-electron chi connectivity index (χ3n) is 5.06. The van der Waals surface area contributed by atoms with Gasteiger partial charge in [0, 0.05) is 11.8 Å². The Kier molecular flexibility index (Phi) is 4.84. The van der Waals surface area contributed by atoms with E-state index in [-0.39, 0.29) is 13.3 Å². The topological polar surface area (TPSA) is 97.0 Å². The summed E-state index contributed by atoms with van der Waals surface area (Å²) < 4.78 is 10.5. The van der Waals surface area contributed by atoms with E-state index >= 15 is 0 Å². The molecule has 1 unspecified atom stereocenters. The van der Waals surface area contributed by atoms with Gasteiger partial charge >= 0.3 is 6.03 Å². The first kappa shape index (κ1) is 18.8. The molecule has 4 amide bonds. The average molecular weight is 395 g/mol. The number of rotatable bonds is 6. The van der Waals surface area contributed by atoms with Crippen LogP contribution in [-0.4, -0.2) is 41.6 Å². The molecule has 4 rings (SSSR count). The number of nitrogens with one attached hydrogen (secondary N) is 2. The van der Waals surface area contributed by atoms with Crippen LogP contribution in [0.2, 0.25) is 0 Å². The number of carbonyl (C=O) groups excluding carboxylic acids is 3. The summed E-state index contributed by atoms with van der Waals surface area (Å²) in [5.41, 5.74) is 0.541. The smallest absolute Gasteiger partial charge is 0.325 e. The van der Waals surface area contributed by atoms with Crippen molar-refractivity contribution < 1.29 is 23.9 Å². The molecule has 0 bridgehead atoms. The molecule has 2 aromatic rings. The zero-order valence-corrected chi connectivity index (χ0v) is 15.9. The van der Waals surface area contributed by atoms with E-state index in [1.165, 1.54) is 0 Å². The van der Waals surface area contributed by atoms with Gasteiger partial charge < -0.3 is 20.1 Å². The molecular formula is C21H21N3O5. The minimum atomic E-state index is -1.04. The molecule has 8 nitrogen and oxygen atoms in total. The first-order valence-electron chi connectivity index (χ1n) is 9.32. The summed E-state index contributed by atoms with van der Waals surface area (Å²) >= 11 is 0. The largest absolute Gasteiger partial charge is 0.454 e. The molecule has 29 heavy (non-hydrogen) atoms. The third-order valence-corrected chi connectivity index (χ3v) is 5.06. The summed E-state index contributed by atoms with van der Waals surface area (Å²) in [5.74, 6) is 0.261. The van der Waals surface area contributed by atoms with E-state index in [0.717, 1.165) is 10.5 Å². The van der Waals surface area contributed by atoms with Gasteiger partial charge in [-0.2, -0.15) is 0 Å². The van der Waals surface area contributed by atoms with Crippen LogP contribution in [-0.2, 0) is 16.0 Å². The Morgan fingerprint density at radius 3 is 2.69 bits per heavy atom. The highest BCUT2D eigenvalue weighted by molar-refractivity contribution is 6.09. The monoisotopic (exact) mass is 395 g/mol. The number of carbonyl (C=O) groups is 3. The van der Waals surface area contributed by atoms with Gasteiger partial charge in [-0.25, -0.2) is 4.79 Å². The summed E-state index contributed by atoms with van der Waals surface area (Å²) in [5, 5.41) is 5.40. The van der Waals surface area contributed by atoms with Crippen molar-refractivity contribution in [3.05, 3.63) is 54.1 Å². The lowest BCUT2D eigenvalue weighted by Gasteiger charge is -2.21. The van der Waals surface area contributed by atoms with Crippen LogP contribution < -0.4 is 20.1 Å². The van der Waals surface area contributed by atoms with Crippen molar-refractivity contribution in [3.8, 4) is 11.5 Å². The van der Waals surface area contributed by atoms with Crippen LogP contribution in [0, 0.1) is 0 Å². The number of fused-ring (bicyclic) bond motifs is 1. The molecule has 8 heteroatoms. The van der Waals surface area contributed by atoms with Gasteiger partial charge in [0.25, 0.3) is 5.91 Å². The Bertz CT molecular complexity index is 962. The number of hydrogen-bond donors (Lipinski definition) is 2. The van der Waals surface area contributed by atoms with Crippen molar-refractivity contribution in [2.45, 2.75) is 25.3 Å². The van der Waals surface area contributed by atoms with E-state index in [1.807, 2.05) is 30.3 Å². The zero-order chi connectivity index (χ0) is 20.4. The molecule has 0 radical (unpaired) electrons. The molecule has 1 saturated heterocycles. The molecular weight excluding hydrogens is 374 g/mol. The third kappa shape index (κ3) is 3.87. The first-order valence-corrected chi connectivity index (χ1v) is 9.32. The maximum Gasteiger partial charge on any atom is 0.325 e. The van der Waals surface area contributed by atoms with Crippen molar-refractivity contribution >= 4 is 23.5 Å². The van der Waals surface area contributed by atoms with Gasteiger partial charge in [0.1, 0.15) is 12.1 Å². The van der Waals surface area contributed by atoms with Gasteiger partial charge in [-0.05, 0) is 37.5 Å². The molecule has 2 aliphatic rings. The van der Waals surface area contributed by atoms with Crippen molar-refractivity contribution in [1.82, 2.24) is 10.2 Å². The number of aryl methyl sites for hydroxylation is 1. The number of anilines is 1. The second kappa shape index (κ2) is 7.46. The zero-order valence-electron chi connectivity index (χ0n) is 15.9. The summed E-state index contributed by atoms with van der Waals surface area (Å²) in [6, 6.07) is 14.2. The quantitative estimate of drug-likeness (QED) is 0.732. The van der Waals surface area contributed by atoms with E-state index < -0.39 is 23.4 Å². The Hall–Kier alpha value is -3.55. The molecule has 150 valence electrons. The predicted molar refractivity (Wildman–Crippen MR) is 105 cm³/mol. The number of ether oxygens (including phenoxy) is 2. The lowest BCUT2D eigenvalue weighted by Crippen LogP contribution is -2.45. The minimum absolute atomic E-state index is 0.136. The fraction of sp³-hybridized carbons (Fsp3) is 0.286. The van der Waals surface area contributed by atoms with Crippen molar-refractivity contribution in [2.75, 3.05) is 18.7 Å². The summed E-state index contributed by atoms with van der Waals surface area (Å²) in [7, 11) is 0. The van der Waals surface area contributed by atoms with E-state index in [2.05, 4.69) is 10.6 Å². The van der Waals surface area contributed by atoms with Crippen LogP contribution in [0.15, 0.2) is 48.5 Å². The Labute approximate surface area is 167 Å². The highest BCUT2D eigenvalue weighted by Gasteiger charge is 2.47. The van der Waals surface area contributed by atoms with Crippen LogP contribution in [0.4, 0.5) is 10.5 Å². The van der Waals surface area contributed by atoms with Crippen LogP contribution in [0.1, 0.15) is 18.9 Å². The van der Waals surface area contributed by atoms with Crippen molar-refractivity contribution in [1.29, 1.82) is 0 Å². The van der Waals surface area contributed by atoms with Gasteiger partial charge in [0.2, 0.25) is 12.7 Å². The number of imide groups is 1. The number of amides is 4. The van der Waals surface area contributed by atoms with Crippen LogP contribution >= 0.6 is 0 Å². The van der Waals surface area contributed by atoms with Crippen molar-refractivity contribution in [2.24, 2.45) is 0 Å². The normalized spacial score (nSPS) is 20.0. The molecule has 2 aromatic carbocycles. The number of hydrogen-bond acceptors (Lipinski definition) is 5. The summed E-state index contributed by atoms with van der Waals surface area (Å²) in [6.07, 6.45) is 1.09. The van der Waals surface area contributed by atoms with E-state index in [1.54, 1.807) is 25.1 Å². The standard InChI is InChI=1S/C21H21N3O5/c1-21(10-9-14-5-3-2-4-6-14)19(26)24(20(27)23-21)12-18(25)22-15-7-8-16-17(11-15)29-13-28-16/h2-8,11H,9-10,12-13H2,1H3,(H,22,25)(H,23,27). The molecule has 0 spiro atoms. The Morgan fingerprint density at radius 2 is 1.90 bits per heavy atom. The first-order chi connectivity index (χ1) is 13.9. The maximum absolute atomic E-state index is 12.8. The molecule has 0 saturated carbocycles. The molecule has 0 aliphatic carbocycles. The second-order valence-electron chi connectivity index (χ2n) is 7.26. The van der Waals surface area contributed by atoms with E-state index in [4.69, 9.17) is 9.47 Å². The lowest BCUT2D eigenvalue weighted by molar-refractivity contribution is -0.133. The fourth-order valence-corrected chi connectivity index (χ4v) is 3.42. The predicted octanol–water partition coefficient (Wildman–Crippen LogP) is 2.30. The Morgan fingerprint density at radius 1 is 1.14 bits per heavy atom. The van der Waals surface area contributed by atoms with Gasteiger partial charge in [0.05, 0.1) is 0 Å². The van der Waals surface area contributed by atoms with Gasteiger partial charge in [-0.3, -0.25) is 14.5 Å². The molecule has 2 N–H and O–H groups in total. The number of nitrogens with zero attached hydrogens (tertiary/aromatic N) is 1. The molecule has 2 aliphatic heterocycles. The molecule has 0 aromatic heterocycles. The van der Waals surface area contributed by atoms with Gasteiger partial charge in [-0.1, -0.05) is 30.3 Å². The maximum atomic E-state index is 12.8. The minimum Gasteiger partial charge on any atom is -0.454 e. The van der Waals surface area contributed by atoms with E-state index in [9.17, 15) is 14.4 Å². The highest BCUT2D eigenvalue weighted by atomic mass is 16.7. The fourth-order valence-electron chi connectivity index (χ4n) is 3.42. The highest BCUT2D eigenvalue weighted by Crippen LogP contribution is 2.34. The van der Waals surface area contributed by atoms with E-state index in [0.29, 0.717) is 30.0 Å². The van der Waals surface area contributed by atoms with Gasteiger partial charge in [0.15, 0.2) is 11.5 Å². The molecule has 2 heterocycles. The number of urea groups is 1. The van der Waals surface area contributed by atoms with Crippen LogP contribution in [0.3, 0.4) is 0 Å². The summed E-state index contributed by atoms with van der Waals surface area (Å²) in [4.78, 5) is 38.5. The second-order valence-corrected chi connectivity index (χ2v) is 7.26.